The maximum Gasteiger partial charge on any atom is 0.262 e. The van der Waals surface area contributed by atoms with Crippen LogP contribution in [0, 0.1) is 0 Å². The van der Waals surface area contributed by atoms with Crippen LogP contribution in [0.5, 0.6) is 0 Å². The monoisotopic (exact) mass is 458 g/mol. The van der Waals surface area contributed by atoms with Crippen LogP contribution in [-0.4, -0.2) is 5.91 Å². The number of rotatable bonds is 4. The Morgan fingerprint density at radius 1 is 0.719 bits per heavy atom. The molecule has 0 aromatic heterocycles. The fourth-order valence-corrected chi connectivity index (χ4v) is 4.52. The number of hydrogen-bond donors (Lipinski definition) is 0. The van der Waals surface area contributed by atoms with Crippen LogP contribution < -0.4 is 9.80 Å². The van der Waals surface area contributed by atoms with Crippen molar-refractivity contribution in [3.8, 4) is 0 Å². The highest BCUT2D eigenvalue weighted by Crippen LogP contribution is 2.43. The van der Waals surface area contributed by atoms with Crippen molar-refractivity contribution in [2.45, 2.75) is 12.7 Å². The number of para-hydroxylation sites is 2. The van der Waals surface area contributed by atoms with Crippen molar-refractivity contribution in [3.63, 3.8) is 0 Å². The van der Waals surface area contributed by atoms with Crippen molar-refractivity contribution in [1.82, 2.24) is 0 Å². The SMILES string of the molecule is O=C1c2ccccc2N(Cc2ccccc2)[C@@H](c2ccc(Cl)c(Cl)c2)N1c1ccccc1. The van der Waals surface area contributed by atoms with E-state index < -0.39 is 6.17 Å². The summed E-state index contributed by atoms with van der Waals surface area (Å²) in [6.45, 7) is 0.624. The minimum Gasteiger partial charge on any atom is -0.342 e. The minimum absolute atomic E-state index is 0.0489. The molecule has 5 heteroatoms. The van der Waals surface area contributed by atoms with Crippen molar-refractivity contribution in [2.24, 2.45) is 0 Å². The summed E-state index contributed by atoms with van der Waals surface area (Å²) >= 11 is 12.6. The summed E-state index contributed by atoms with van der Waals surface area (Å²) in [7, 11) is 0. The maximum absolute atomic E-state index is 13.8. The highest BCUT2D eigenvalue weighted by Gasteiger charge is 2.39. The van der Waals surface area contributed by atoms with Gasteiger partial charge in [-0.25, -0.2) is 0 Å². The molecule has 1 aliphatic heterocycles. The second kappa shape index (κ2) is 8.70. The first kappa shape index (κ1) is 20.6. The van der Waals surface area contributed by atoms with Gasteiger partial charge < -0.3 is 4.90 Å². The van der Waals surface area contributed by atoms with Gasteiger partial charge in [0, 0.05) is 12.2 Å². The molecule has 1 amide bonds. The average molecular weight is 459 g/mol. The lowest BCUT2D eigenvalue weighted by molar-refractivity contribution is 0.0968. The molecule has 1 heterocycles. The first-order valence-electron chi connectivity index (χ1n) is 10.4. The van der Waals surface area contributed by atoms with Gasteiger partial charge in [0.05, 0.1) is 21.3 Å². The summed E-state index contributed by atoms with van der Waals surface area (Å²) in [6.07, 6.45) is -0.394. The third-order valence-electron chi connectivity index (χ3n) is 5.67. The van der Waals surface area contributed by atoms with Gasteiger partial charge in [0.2, 0.25) is 0 Å². The predicted molar refractivity (Wildman–Crippen MR) is 132 cm³/mol. The molecule has 1 aliphatic rings. The fourth-order valence-electron chi connectivity index (χ4n) is 4.22. The van der Waals surface area contributed by atoms with Gasteiger partial charge in [-0.2, -0.15) is 0 Å². The zero-order valence-electron chi connectivity index (χ0n) is 17.2. The number of fused-ring (bicyclic) bond motifs is 1. The highest BCUT2D eigenvalue weighted by molar-refractivity contribution is 6.42. The maximum atomic E-state index is 13.8. The molecule has 0 radical (unpaired) electrons. The molecule has 3 nitrogen and oxygen atoms in total. The Morgan fingerprint density at radius 3 is 2.09 bits per heavy atom. The number of carbonyl (C=O) groups is 1. The Bertz CT molecular complexity index is 1260. The third kappa shape index (κ3) is 3.75. The van der Waals surface area contributed by atoms with Crippen LogP contribution in [0.25, 0.3) is 0 Å². The molecule has 0 saturated carbocycles. The summed E-state index contributed by atoms with van der Waals surface area (Å²) < 4.78 is 0. The number of benzene rings is 4. The Labute approximate surface area is 197 Å². The first-order valence-corrected chi connectivity index (χ1v) is 11.1. The number of anilines is 2. The van der Waals surface area contributed by atoms with E-state index in [9.17, 15) is 4.79 Å². The van der Waals surface area contributed by atoms with Crippen LogP contribution in [0.3, 0.4) is 0 Å². The van der Waals surface area contributed by atoms with E-state index in [0.29, 0.717) is 22.2 Å². The highest BCUT2D eigenvalue weighted by atomic mass is 35.5. The molecule has 0 unspecified atom stereocenters. The van der Waals surface area contributed by atoms with Crippen molar-refractivity contribution in [1.29, 1.82) is 0 Å². The normalized spacial score (nSPS) is 15.6. The minimum atomic E-state index is -0.394. The summed E-state index contributed by atoms with van der Waals surface area (Å²) in [4.78, 5) is 17.9. The van der Waals surface area contributed by atoms with Crippen molar-refractivity contribution < 1.29 is 4.79 Å². The van der Waals surface area contributed by atoms with Gasteiger partial charge in [-0.05, 0) is 47.5 Å². The Balaban J connectivity index is 1.74. The molecular weight excluding hydrogens is 439 g/mol. The molecule has 4 aromatic rings. The molecular formula is C27H20Cl2N2O. The molecule has 0 spiro atoms. The second-order valence-electron chi connectivity index (χ2n) is 7.69. The Kier molecular flexibility index (Phi) is 5.60. The number of nitrogens with zero attached hydrogens (tertiary/aromatic N) is 2. The summed E-state index contributed by atoms with van der Waals surface area (Å²) in [5, 5.41) is 0.946. The number of halogens is 2. The molecule has 0 N–H and O–H groups in total. The molecule has 0 fully saturated rings. The fraction of sp³-hybridized carbons (Fsp3) is 0.0741. The van der Waals surface area contributed by atoms with Crippen LogP contribution in [0.2, 0.25) is 10.0 Å². The van der Waals surface area contributed by atoms with Gasteiger partial charge in [0.1, 0.15) is 6.17 Å². The Hall–Kier alpha value is -3.27. The number of hydrogen-bond acceptors (Lipinski definition) is 2. The summed E-state index contributed by atoms with van der Waals surface area (Å²) in [5.41, 5.74) is 4.42. The average Bonchev–Trinajstić information content (AvgIpc) is 2.84. The van der Waals surface area contributed by atoms with Crippen LogP contribution in [-0.2, 0) is 6.54 Å². The molecule has 158 valence electrons. The van der Waals surface area contributed by atoms with Gasteiger partial charge in [-0.15, -0.1) is 0 Å². The van der Waals surface area contributed by atoms with Crippen molar-refractivity contribution in [2.75, 3.05) is 9.80 Å². The van der Waals surface area contributed by atoms with E-state index in [1.807, 2.05) is 89.8 Å². The number of amides is 1. The van der Waals surface area contributed by atoms with Crippen LogP contribution in [0.1, 0.15) is 27.7 Å². The van der Waals surface area contributed by atoms with Gasteiger partial charge >= 0.3 is 0 Å². The van der Waals surface area contributed by atoms with E-state index in [0.717, 1.165) is 22.5 Å². The van der Waals surface area contributed by atoms with Crippen LogP contribution in [0.15, 0.2) is 103 Å². The molecule has 0 saturated heterocycles. The lowest BCUT2D eigenvalue weighted by atomic mass is 9.99. The van der Waals surface area contributed by atoms with Crippen molar-refractivity contribution in [3.05, 3.63) is 130 Å². The van der Waals surface area contributed by atoms with Crippen LogP contribution in [0.4, 0.5) is 11.4 Å². The summed E-state index contributed by atoms with van der Waals surface area (Å²) in [6, 6.07) is 33.3. The third-order valence-corrected chi connectivity index (χ3v) is 6.41. The van der Waals surface area contributed by atoms with Gasteiger partial charge in [-0.1, -0.05) is 89.9 Å². The largest absolute Gasteiger partial charge is 0.342 e. The molecule has 32 heavy (non-hydrogen) atoms. The standard InChI is InChI=1S/C27H20Cl2N2O/c28-23-16-15-20(17-24(23)29)26-30(18-19-9-3-1-4-10-19)25-14-8-7-13-22(25)27(32)31(26)21-11-5-2-6-12-21/h1-17,26H,18H2/t26-/m1/s1. The lowest BCUT2D eigenvalue weighted by Crippen LogP contribution is -2.49. The molecule has 4 aromatic carbocycles. The first-order chi connectivity index (χ1) is 15.6. The van der Waals surface area contributed by atoms with E-state index in [1.54, 1.807) is 6.07 Å². The van der Waals surface area contributed by atoms with E-state index in [2.05, 4.69) is 17.0 Å². The summed E-state index contributed by atoms with van der Waals surface area (Å²) in [5.74, 6) is -0.0489. The lowest BCUT2D eigenvalue weighted by Gasteiger charge is -2.46. The molecule has 0 bridgehead atoms. The zero-order chi connectivity index (χ0) is 22.1. The van der Waals surface area contributed by atoms with E-state index >= 15 is 0 Å². The number of carbonyl (C=O) groups excluding carboxylic acids is 1. The molecule has 0 aliphatic carbocycles. The predicted octanol–water partition coefficient (Wildman–Crippen LogP) is 7.36. The Morgan fingerprint density at radius 2 is 1.38 bits per heavy atom. The molecule has 1 atom stereocenters. The van der Waals surface area contributed by atoms with E-state index in [-0.39, 0.29) is 5.91 Å². The van der Waals surface area contributed by atoms with Crippen molar-refractivity contribution >= 4 is 40.5 Å². The molecule has 5 rings (SSSR count). The van der Waals surface area contributed by atoms with Gasteiger partial charge in [0.15, 0.2) is 0 Å². The van der Waals surface area contributed by atoms with E-state index in [1.165, 1.54) is 0 Å². The van der Waals surface area contributed by atoms with E-state index in [4.69, 9.17) is 23.2 Å². The second-order valence-corrected chi connectivity index (χ2v) is 8.50. The smallest absolute Gasteiger partial charge is 0.262 e. The van der Waals surface area contributed by atoms with Gasteiger partial charge in [-0.3, -0.25) is 9.69 Å². The zero-order valence-corrected chi connectivity index (χ0v) is 18.7. The van der Waals surface area contributed by atoms with Crippen LogP contribution >= 0.6 is 23.2 Å². The quantitative estimate of drug-likeness (QED) is 0.318. The topological polar surface area (TPSA) is 23.6 Å². The van der Waals surface area contributed by atoms with Gasteiger partial charge in [0.25, 0.3) is 5.91 Å².